The Morgan fingerprint density at radius 3 is 2.55 bits per heavy atom. The lowest BCUT2D eigenvalue weighted by atomic mass is 10.0. The predicted octanol–water partition coefficient (Wildman–Crippen LogP) is 7.13. The summed E-state index contributed by atoms with van der Waals surface area (Å²) in [7, 11) is 4.01. The summed E-state index contributed by atoms with van der Waals surface area (Å²) in [6.45, 7) is 1.55. The van der Waals surface area contributed by atoms with E-state index < -0.39 is 0 Å². The smallest absolute Gasteiger partial charge is 0.228 e. The van der Waals surface area contributed by atoms with Crippen molar-refractivity contribution in [2.75, 3.05) is 37.8 Å². The Balaban J connectivity index is 1.18. The van der Waals surface area contributed by atoms with Gasteiger partial charge in [-0.05, 0) is 73.3 Å². The first-order valence-electron chi connectivity index (χ1n) is 15.3. The van der Waals surface area contributed by atoms with E-state index in [2.05, 4.69) is 46.7 Å². The topological polar surface area (TPSA) is 115 Å². The first-order chi connectivity index (χ1) is 22.9. The molecule has 1 amide bonds. The van der Waals surface area contributed by atoms with E-state index in [1.165, 1.54) is 6.07 Å². The maximum atomic E-state index is 14.8. The fraction of sp³-hybridized carbons (Fsp3) is 0.135. The number of halogens is 1. The van der Waals surface area contributed by atoms with Crippen LogP contribution in [-0.4, -0.2) is 63.1 Å². The maximum Gasteiger partial charge on any atom is 0.228 e. The summed E-state index contributed by atoms with van der Waals surface area (Å²) in [6, 6.07) is 26.5. The van der Waals surface area contributed by atoms with Gasteiger partial charge < -0.3 is 20.5 Å². The summed E-state index contributed by atoms with van der Waals surface area (Å²) in [5, 5.41) is 15.8. The molecular weight excluding hydrogens is 591 g/mol. The number of nitrogens with zero attached hydrogens (tertiary/aromatic N) is 4. The van der Waals surface area contributed by atoms with Crippen LogP contribution < -0.4 is 10.6 Å². The highest BCUT2D eigenvalue weighted by molar-refractivity contribution is 6.02. The van der Waals surface area contributed by atoms with Crippen molar-refractivity contribution in [1.82, 2.24) is 30.0 Å². The lowest BCUT2D eigenvalue weighted by molar-refractivity contribution is -0.115. The van der Waals surface area contributed by atoms with E-state index in [0.717, 1.165) is 67.7 Å². The average Bonchev–Trinajstić information content (AvgIpc) is 3.69. The number of aromatic amines is 2. The largest absolute Gasteiger partial charge is 0.384 e. The van der Waals surface area contributed by atoms with Crippen LogP contribution in [0, 0.1) is 5.82 Å². The van der Waals surface area contributed by atoms with Crippen LogP contribution >= 0.6 is 0 Å². The van der Waals surface area contributed by atoms with Gasteiger partial charge in [0.15, 0.2) is 0 Å². The van der Waals surface area contributed by atoms with Gasteiger partial charge >= 0.3 is 0 Å². The number of anilines is 2. The fourth-order valence-electron chi connectivity index (χ4n) is 5.72. The van der Waals surface area contributed by atoms with Crippen LogP contribution in [0.15, 0.2) is 104 Å². The number of hydrogen-bond donors (Lipinski definition) is 4. The van der Waals surface area contributed by atoms with Crippen LogP contribution in [0.25, 0.3) is 55.6 Å². The monoisotopic (exact) mass is 624 g/mol. The first-order valence-corrected chi connectivity index (χ1v) is 15.3. The minimum absolute atomic E-state index is 0.121. The van der Waals surface area contributed by atoms with E-state index in [9.17, 15) is 9.18 Å². The Morgan fingerprint density at radius 2 is 1.70 bits per heavy atom. The summed E-state index contributed by atoms with van der Waals surface area (Å²) in [5.41, 5.74) is 8.67. The van der Waals surface area contributed by atoms with Crippen LogP contribution in [0.2, 0.25) is 0 Å². The molecule has 0 saturated heterocycles. The van der Waals surface area contributed by atoms with Crippen molar-refractivity contribution >= 4 is 39.1 Å². The number of H-pyrrole nitrogens is 2. The molecule has 0 atom stereocenters. The van der Waals surface area contributed by atoms with Crippen molar-refractivity contribution in [3.05, 3.63) is 115 Å². The molecule has 4 N–H and O–H groups in total. The van der Waals surface area contributed by atoms with Gasteiger partial charge in [-0.3, -0.25) is 19.9 Å². The Labute approximate surface area is 270 Å². The van der Waals surface area contributed by atoms with Crippen LogP contribution in [0.3, 0.4) is 0 Å². The average molecular weight is 625 g/mol. The summed E-state index contributed by atoms with van der Waals surface area (Å²) in [5.74, 6) is -0.417. The second-order valence-electron chi connectivity index (χ2n) is 11.8. The van der Waals surface area contributed by atoms with Crippen molar-refractivity contribution < 1.29 is 9.18 Å². The molecular formula is C37H33FN8O. The Kier molecular flexibility index (Phi) is 8.16. The van der Waals surface area contributed by atoms with Crippen molar-refractivity contribution in [3.63, 3.8) is 0 Å². The molecule has 7 rings (SSSR count). The highest BCUT2D eigenvalue weighted by Crippen LogP contribution is 2.36. The zero-order chi connectivity index (χ0) is 32.3. The quantitative estimate of drug-likeness (QED) is 0.129. The molecule has 234 valence electrons. The fourth-order valence-corrected chi connectivity index (χ4v) is 5.72. The van der Waals surface area contributed by atoms with E-state index in [4.69, 9.17) is 0 Å². The van der Waals surface area contributed by atoms with Gasteiger partial charge in [-0.25, -0.2) is 4.39 Å². The number of aromatic nitrogens is 5. The van der Waals surface area contributed by atoms with E-state index in [0.29, 0.717) is 17.9 Å². The normalized spacial score (nSPS) is 11.4. The molecule has 4 aromatic heterocycles. The number of carbonyl (C=O) groups excluding carboxylic acids is 1. The zero-order valence-corrected chi connectivity index (χ0v) is 26.0. The van der Waals surface area contributed by atoms with Crippen LogP contribution in [-0.2, 0) is 11.2 Å². The highest BCUT2D eigenvalue weighted by Gasteiger charge is 2.16. The van der Waals surface area contributed by atoms with Gasteiger partial charge in [0.05, 0.1) is 41.4 Å². The molecule has 9 nitrogen and oxygen atoms in total. The van der Waals surface area contributed by atoms with Gasteiger partial charge in [0.1, 0.15) is 11.5 Å². The third kappa shape index (κ3) is 6.58. The highest BCUT2D eigenvalue weighted by atomic mass is 19.1. The lowest BCUT2D eigenvalue weighted by Crippen LogP contribution is -2.20. The molecule has 0 aliphatic heterocycles. The van der Waals surface area contributed by atoms with Crippen molar-refractivity contribution in [1.29, 1.82) is 0 Å². The number of amides is 1. The second-order valence-corrected chi connectivity index (χ2v) is 11.8. The number of rotatable bonds is 10. The molecule has 0 saturated carbocycles. The molecule has 0 unspecified atom stereocenters. The number of nitrogens with one attached hydrogen (secondary N) is 4. The number of fused-ring (bicyclic) bond motifs is 2. The van der Waals surface area contributed by atoms with Gasteiger partial charge in [0.2, 0.25) is 5.91 Å². The van der Waals surface area contributed by atoms with Crippen LogP contribution in [0.4, 0.5) is 15.8 Å². The van der Waals surface area contributed by atoms with Gasteiger partial charge in [0, 0.05) is 46.8 Å². The molecule has 3 aromatic carbocycles. The standard InChI is InChI=1S/C37H33FN8O/c1-46(2)12-11-40-27-15-24(14-26(38)17-27)29-9-6-10-32-30(29)18-34(43-32)37-31-19-33(41-22-35(31)44-45-37)25-16-28(21-39-20-25)42-36(47)13-23-7-4-3-5-8-23/h3-10,14-22,40,43H,11-13H2,1-2H3,(H,42,47)(H,44,45). The molecule has 0 aliphatic carbocycles. The van der Waals surface area contributed by atoms with E-state index in [1.54, 1.807) is 24.7 Å². The number of likely N-dealkylation sites (N-methyl/N-ethyl adjacent to an activating group) is 1. The molecule has 0 bridgehead atoms. The van der Waals surface area contributed by atoms with E-state index in [-0.39, 0.29) is 18.1 Å². The van der Waals surface area contributed by atoms with Gasteiger partial charge in [-0.2, -0.15) is 5.10 Å². The molecule has 10 heteroatoms. The van der Waals surface area contributed by atoms with E-state index >= 15 is 0 Å². The molecule has 0 radical (unpaired) electrons. The number of carbonyl (C=O) groups is 1. The number of benzene rings is 3. The predicted molar refractivity (Wildman–Crippen MR) is 186 cm³/mol. The Bertz CT molecular complexity index is 2210. The third-order valence-electron chi connectivity index (χ3n) is 7.99. The first kappa shape index (κ1) is 29.8. The van der Waals surface area contributed by atoms with Crippen LogP contribution in [0.5, 0.6) is 0 Å². The summed E-state index contributed by atoms with van der Waals surface area (Å²) < 4.78 is 14.8. The molecule has 4 heterocycles. The Hall–Kier alpha value is -5.87. The summed E-state index contributed by atoms with van der Waals surface area (Å²) in [4.78, 5) is 27.2. The third-order valence-corrected chi connectivity index (χ3v) is 7.99. The summed E-state index contributed by atoms with van der Waals surface area (Å²) >= 11 is 0. The minimum Gasteiger partial charge on any atom is -0.384 e. The zero-order valence-electron chi connectivity index (χ0n) is 26.0. The SMILES string of the molecule is CN(C)CCNc1cc(F)cc(-c2cccc3[nH]c(-c4n[nH]c5cnc(-c6cncc(NC(=O)Cc7ccccc7)c6)cc45)cc23)c1. The second kappa shape index (κ2) is 12.9. The number of pyridine rings is 2. The minimum atomic E-state index is -0.296. The van der Waals surface area contributed by atoms with Gasteiger partial charge in [-0.15, -0.1) is 0 Å². The van der Waals surface area contributed by atoms with Gasteiger partial charge in [0.25, 0.3) is 0 Å². The summed E-state index contributed by atoms with van der Waals surface area (Å²) in [6.07, 6.45) is 5.36. The Morgan fingerprint density at radius 1 is 0.851 bits per heavy atom. The number of hydrogen-bond acceptors (Lipinski definition) is 6. The van der Waals surface area contributed by atoms with Crippen molar-refractivity contribution in [2.24, 2.45) is 0 Å². The molecule has 0 fully saturated rings. The lowest BCUT2D eigenvalue weighted by Gasteiger charge is -2.13. The molecule has 47 heavy (non-hydrogen) atoms. The van der Waals surface area contributed by atoms with Crippen molar-refractivity contribution in [3.8, 4) is 33.8 Å². The van der Waals surface area contributed by atoms with Crippen molar-refractivity contribution in [2.45, 2.75) is 6.42 Å². The van der Waals surface area contributed by atoms with Gasteiger partial charge in [-0.1, -0.05) is 42.5 Å². The molecule has 0 spiro atoms. The molecule has 0 aliphatic rings. The molecule has 7 aromatic rings. The maximum absolute atomic E-state index is 14.8. The van der Waals surface area contributed by atoms with Crippen LogP contribution in [0.1, 0.15) is 5.56 Å². The van der Waals surface area contributed by atoms with E-state index in [1.807, 2.05) is 80.8 Å².